The van der Waals surface area contributed by atoms with Crippen LogP contribution in [-0.4, -0.2) is 19.1 Å². The normalized spacial score (nSPS) is 15.7. The molecule has 0 bridgehead atoms. The summed E-state index contributed by atoms with van der Waals surface area (Å²) in [6.07, 6.45) is -3.51. The minimum absolute atomic E-state index is 0.144. The largest absolute Gasteiger partial charge is 0.573 e. The molecule has 35 heavy (non-hydrogen) atoms. The van der Waals surface area contributed by atoms with Gasteiger partial charge >= 0.3 is 6.36 Å². The van der Waals surface area contributed by atoms with E-state index in [0.717, 1.165) is 11.1 Å². The number of carbonyl (C=O) groups excluding carboxylic acids is 1. The zero-order valence-electron chi connectivity index (χ0n) is 19.2. The van der Waals surface area contributed by atoms with E-state index in [2.05, 4.69) is 10.1 Å². The third-order valence-corrected chi connectivity index (χ3v) is 6.44. The molecule has 8 heteroatoms. The second-order valence-corrected chi connectivity index (χ2v) is 9.14. The van der Waals surface area contributed by atoms with Crippen LogP contribution in [0.1, 0.15) is 43.7 Å². The van der Waals surface area contributed by atoms with Gasteiger partial charge in [-0.1, -0.05) is 44.2 Å². The van der Waals surface area contributed by atoms with Crippen LogP contribution in [0, 0.1) is 0 Å². The van der Waals surface area contributed by atoms with Gasteiger partial charge in [-0.2, -0.15) is 0 Å². The van der Waals surface area contributed by atoms with E-state index >= 15 is 0 Å². The standard InChI is InChI=1S/C27H24F3NO4/c1-16(2)17-4-3-5-18(12-17)21-14-20(7-9-22(21)35-27(28,29)30)31-25(32)26(10-11-26)19-6-8-23-24(13-19)34-15-33-23/h3-9,12-14,16H,10-11,15H2,1-2H3,(H,31,32). The first kappa shape index (κ1) is 23.1. The number of hydrogen-bond donors (Lipinski definition) is 1. The van der Waals surface area contributed by atoms with Crippen molar-refractivity contribution < 1.29 is 32.2 Å². The molecule has 5 nitrogen and oxygen atoms in total. The highest BCUT2D eigenvalue weighted by atomic mass is 19.4. The molecule has 1 aliphatic heterocycles. The summed E-state index contributed by atoms with van der Waals surface area (Å²) in [7, 11) is 0. The minimum atomic E-state index is -4.84. The van der Waals surface area contributed by atoms with Crippen LogP contribution in [-0.2, 0) is 10.2 Å². The Morgan fingerprint density at radius 2 is 1.77 bits per heavy atom. The van der Waals surface area contributed by atoms with Gasteiger partial charge in [-0.05, 0) is 65.8 Å². The molecule has 1 aliphatic carbocycles. The Morgan fingerprint density at radius 3 is 2.49 bits per heavy atom. The van der Waals surface area contributed by atoms with Crippen molar-refractivity contribution in [3.63, 3.8) is 0 Å². The molecule has 1 amide bonds. The third kappa shape index (κ3) is 4.65. The van der Waals surface area contributed by atoms with Crippen LogP contribution in [0.3, 0.4) is 0 Å². The highest BCUT2D eigenvalue weighted by molar-refractivity contribution is 6.02. The quantitative estimate of drug-likeness (QED) is 0.420. The van der Waals surface area contributed by atoms with E-state index in [9.17, 15) is 18.0 Å². The number of benzene rings is 3. The molecule has 1 N–H and O–H groups in total. The number of ether oxygens (including phenoxy) is 3. The molecule has 0 aromatic heterocycles. The monoisotopic (exact) mass is 483 g/mol. The van der Waals surface area contributed by atoms with E-state index in [1.807, 2.05) is 38.1 Å². The van der Waals surface area contributed by atoms with Crippen molar-refractivity contribution in [3.05, 3.63) is 71.8 Å². The number of anilines is 1. The van der Waals surface area contributed by atoms with Crippen molar-refractivity contribution in [1.82, 2.24) is 0 Å². The molecule has 1 saturated carbocycles. The van der Waals surface area contributed by atoms with Crippen LogP contribution in [0.15, 0.2) is 60.7 Å². The van der Waals surface area contributed by atoms with Gasteiger partial charge in [0.15, 0.2) is 11.5 Å². The number of carbonyl (C=O) groups is 1. The summed E-state index contributed by atoms with van der Waals surface area (Å²) in [5, 5.41) is 2.90. The summed E-state index contributed by atoms with van der Waals surface area (Å²) in [4.78, 5) is 13.3. The molecule has 1 heterocycles. The average Bonchev–Trinajstić information content (AvgIpc) is 3.50. The summed E-state index contributed by atoms with van der Waals surface area (Å²) in [5.74, 6) is 0.887. The van der Waals surface area contributed by atoms with E-state index in [0.29, 0.717) is 35.6 Å². The molecular weight excluding hydrogens is 459 g/mol. The Labute approximate surface area is 200 Å². The van der Waals surface area contributed by atoms with Gasteiger partial charge in [-0.15, -0.1) is 13.2 Å². The maximum atomic E-state index is 13.3. The number of alkyl halides is 3. The van der Waals surface area contributed by atoms with Crippen LogP contribution in [0.2, 0.25) is 0 Å². The van der Waals surface area contributed by atoms with Crippen molar-refractivity contribution in [3.8, 4) is 28.4 Å². The maximum absolute atomic E-state index is 13.3. The molecule has 0 unspecified atom stereocenters. The second-order valence-electron chi connectivity index (χ2n) is 9.14. The van der Waals surface area contributed by atoms with E-state index < -0.39 is 11.8 Å². The van der Waals surface area contributed by atoms with Gasteiger partial charge < -0.3 is 19.5 Å². The lowest BCUT2D eigenvalue weighted by Crippen LogP contribution is -2.27. The summed E-state index contributed by atoms with van der Waals surface area (Å²) >= 11 is 0. The molecule has 182 valence electrons. The first-order chi connectivity index (χ1) is 16.6. The molecule has 2 aliphatic rings. The van der Waals surface area contributed by atoms with Crippen molar-refractivity contribution >= 4 is 11.6 Å². The fraction of sp³-hybridized carbons (Fsp3) is 0.296. The van der Waals surface area contributed by atoms with E-state index in [1.165, 1.54) is 18.2 Å². The summed E-state index contributed by atoms with van der Waals surface area (Å²) < 4.78 is 54.4. The number of hydrogen-bond acceptors (Lipinski definition) is 4. The molecule has 0 radical (unpaired) electrons. The number of fused-ring (bicyclic) bond motifs is 1. The van der Waals surface area contributed by atoms with Gasteiger partial charge in [0.05, 0.1) is 5.41 Å². The Kier molecular flexibility index (Phi) is 5.62. The zero-order valence-corrected chi connectivity index (χ0v) is 19.2. The van der Waals surface area contributed by atoms with E-state index in [4.69, 9.17) is 9.47 Å². The second kappa shape index (κ2) is 8.52. The summed E-state index contributed by atoms with van der Waals surface area (Å²) in [6, 6.07) is 16.9. The number of amides is 1. The first-order valence-electron chi connectivity index (χ1n) is 11.4. The van der Waals surface area contributed by atoms with Crippen molar-refractivity contribution in [2.24, 2.45) is 0 Å². The molecule has 3 aromatic rings. The fourth-order valence-corrected chi connectivity index (χ4v) is 4.33. The smallest absolute Gasteiger partial charge is 0.454 e. The van der Waals surface area contributed by atoms with Gasteiger partial charge in [0, 0.05) is 11.3 Å². The van der Waals surface area contributed by atoms with Gasteiger partial charge in [0.25, 0.3) is 0 Å². The number of rotatable bonds is 6. The highest BCUT2D eigenvalue weighted by Crippen LogP contribution is 2.51. The van der Waals surface area contributed by atoms with Gasteiger partial charge in [0.2, 0.25) is 12.7 Å². The van der Waals surface area contributed by atoms with Crippen molar-refractivity contribution in [2.45, 2.75) is 44.4 Å². The Bertz CT molecular complexity index is 1280. The highest BCUT2D eigenvalue weighted by Gasteiger charge is 2.51. The SMILES string of the molecule is CC(C)c1cccc(-c2cc(NC(=O)C3(c4ccc5c(c4)OCO5)CC3)ccc2OC(F)(F)F)c1. The van der Waals surface area contributed by atoms with Gasteiger partial charge in [-0.25, -0.2) is 0 Å². The van der Waals surface area contributed by atoms with Crippen LogP contribution in [0.5, 0.6) is 17.2 Å². The van der Waals surface area contributed by atoms with Crippen molar-refractivity contribution in [1.29, 1.82) is 0 Å². The lowest BCUT2D eigenvalue weighted by atomic mass is 9.94. The van der Waals surface area contributed by atoms with Crippen LogP contribution in [0.25, 0.3) is 11.1 Å². The van der Waals surface area contributed by atoms with Crippen LogP contribution >= 0.6 is 0 Å². The molecule has 0 saturated heterocycles. The minimum Gasteiger partial charge on any atom is -0.454 e. The van der Waals surface area contributed by atoms with Crippen LogP contribution in [0.4, 0.5) is 18.9 Å². The third-order valence-electron chi connectivity index (χ3n) is 6.44. The number of nitrogens with one attached hydrogen (secondary N) is 1. The van der Waals surface area contributed by atoms with E-state index in [1.54, 1.807) is 18.2 Å². The Hall–Kier alpha value is -3.68. The molecule has 0 spiro atoms. The molecule has 1 fully saturated rings. The Morgan fingerprint density at radius 1 is 1.00 bits per heavy atom. The molecule has 0 atom stereocenters. The van der Waals surface area contributed by atoms with Gasteiger partial charge in [0.1, 0.15) is 5.75 Å². The predicted octanol–water partition coefficient (Wildman–Crippen LogP) is 6.77. The van der Waals surface area contributed by atoms with Crippen LogP contribution < -0.4 is 19.5 Å². The fourth-order valence-electron chi connectivity index (χ4n) is 4.33. The van der Waals surface area contributed by atoms with E-state index in [-0.39, 0.29) is 29.9 Å². The average molecular weight is 483 g/mol. The molecule has 3 aromatic carbocycles. The van der Waals surface area contributed by atoms with Gasteiger partial charge in [-0.3, -0.25) is 4.79 Å². The summed E-state index contributed by atoms with van der Waals surface area (Å²) in [6.45, 7) is 4.16. The number of halogens is 3. The predicted molar refractivity (Wildman–Crippen MR) is 125 cm³/mol. The molecular formula is C27H24F3NO4. The Balaban J connectivity index is 1.46. The summed E-state index contributed by atoms with van der Waals surface area (Å²) in [5.41, 5.74) is 2.30. The zero-order chi connectivity index (χ0) is 24.8. The topological polar surface area (TPSA) is 56.8 Å². The lowest BCUT2D eigenvalue weighted by Gasteiger charge is -2.19. The molecule has 5 rings (SSSR count). The lowest BCUT2D eigenvalue weighted by molar-refractivity contribution is -0.274. The van der Waals surface area contributed by atoms with Crippen molar-refractivity contribution in [2.75, 3.05) is 12.1 Å². The first-order valence-corrected chi connectivity index (χ1v) is 11.4. The maximum Gasteiger partial charge on any atom is 0.573 e.